The molecule has 0 bridgehead atoms. The van der Waals surface area contributed by atoms with Crippen molar-refractivity contribution >= 4 is 28.9 Å². The summed E-state index contributed by atoms with van der Waals surface area (Å²) in [6, 6.07) is 2.06. The van der Waals surface area contributed by atoms with E-state index in [1.807, 2.05) is 13.1 Å². The number of pyridine rings is 1. The van der Waals surface area contributed by atoms with E-state index in [9.17, 15) is 23.5 Å². The quantitative estimate of drug-likeness (QED) is 0.368. The number of hydrogen-bond acceptors (Lipinski definition) is 8. The number of methoxy groups -OCH3 is 1. The number of nitrogens with zero attached hydrogens (tertiary/aromatic N) is 3. The molecule has 3 saturated carbocycles. The van der Waals surface area contributed by atoms with Crippen LogP contribution in [0, 0.1) is 40.4 Å². The van der Waals surface area contributed by atoms with E-state index in [-0.39, 0.29) is 42.1 Å². The topological polar surface area (TPSA) is 104 Å². The fraction of sp³-hybridized carbons (Fsp3) is 0.613. The Labute approximate surface area is 248 Å². The average molecular weight is 602 g/mol. The summed E-state index contributed by atoms with van der Waals surface area (Å²) in [5, 5.41) is 16.1. The first kappa shape index (κ1) is 29.4. The highest BCUT2D eigenvalue weighted by Crippen LogP contribution is 2.69. The summed E-state index contributed by atoms with van der Waals surface area (Å²) in [5.41, 5.74) is 1.16. The number of fused-ring (bicyclic) bond motifs is 6. The van der Waals surface area contributed by atoms with Gasteiger partial charge in [-0.25, -0.2) is 18.9 Å². The van der Waals surface area contributed by atoms with Gasteiger partial charge in [-0.05, 0) is 96.7 Å². The van der Waals surface area contributed by atoms with E-state index in [2.05, 4.69) is 30.0 Å². The smallest absolute Gasteiger partial charge is 0.333 e. The van der Waals surface area contributed by atoms with Crippen LogP contribution in [-0.2, 0) is 25.5 Å². The summed E-state index contributed by atoms with van der Waals surface area (Å²) >= 11 is 0.535. The van der Waals surface area contributed by atoms with Crippen LogP contribution in [0.2, 0.25) is 0 Å². The summed E-state index contributed by atoms with van der Waals surface area (Å²) < 4.78 is 39.7. The number of aliphatic hydroxyl groups is 1. The van der Waals surface area contributed by atoms with Gasteiger partial charge in [0.05, 0.1) is 29.9 Å². The number of hydrogen-bond donors (Lipinski definition) is 1. The molecule has 11 heteroatoms. The van der Waals surface area contributed by atoms with E-state index < -0.39 is 40.2 Å². The number of rotatable bonds is 6. The Bertz CT molecular complexity index is 1430. The van der Waals surface area contributed by atoms with Crippen LogP contribution in [0.4, 0.5) is 8.78 Å². The lowest BCUT2D eigenvalue weighted by atomic mass is 9.44. The summed E-state index contributed by atoms with van der Waals surface area (Å²) in [6.45, 7) is 6.06. The van der Waals surface area contributed by atoms with E-state index in [4.69, 9.17) is 9.47 Å². The maximum absolute atomic E-state index is 13.5. The Kier molecular flexibility index (Phi) is 7.37. The minimum Gasteiger partial charge on any atom is -0.448 e. The van der Waals surface area contributed by atoms with Crippen molar-refractivity contribution in [2.75, 3.05) is 19.7 Å². The molecule has 0 saturated heterocycles. The minimum atomic E-state index is -1.53. The lowest BCUT2D eigenvalue weighted by Crippen LogP contribution is -2.63. The van der Waals surface area contributed by atoms with Crippen molar-refractivity contribution in [3.05, 3.63) is 47.3 Å². The summed E-state index contributed by atoms with van der Waals surface area (Å²) in [5.74, 6) is -1.05. The Balaban J connectivity index is 1.38. The highest BCUT2D eigenvalue weighted by Gasteiger charge is 2.71. The number of carbonyl (C=O) groups is 2. The molecule has 226 valence electrons. The van der Waals surface area contributed by atoms with Crippen molar-refractivity contribution in [3.8, 4) is 5.69 Å². The van der Waals surface area contributed by atoms with E-state index in [1.165, 1.54) is 24.9 Å². The van der Waals surface area contributed by atoms with E-state index in [0.717, 1.165) is 17.7 Å². The van der Waals surface area contributed by atoms with Gasteiger partial charge in [-0.1, -0.05) is 26.3 Å². The first-order valence-electron chi connectivity index (χ1n) is 14.5. The number of thioether (sulfide) groups is 1. The van der Waals surface area contributed by atoms with Crippen molar-refractivity contribution in [3.63, 3.8) is 0 Å². The standard InChI is InChI=1S/C31H37F2N3O5S/c1-17-9-20-21-7-8-31(28(39)42-16-32,41-26(38)15-40-4)30(21,3)12-24(37)27(20)29(2)11-18-13-35-36(23(18)10-22(17)29)19-5-6-25(33)34-14-19/h5-6,10,13-14,17,20-21,24,27,37H,7-9,11-12,15-16H2,1-4H3/t17-,20-,21-,24-,27+,29-,30-,31-/m0/s1. The largest absolute Gasteiger partial charge is 0.448 e. The van der Waals surface area contributed by atoms with Crippen LogP contribution in [0.25, 0.3) is 11.8 Å². The normalized spacial score (nSPS) is 36.7. The summed E-state index contributed by atoms with van der Waals surface area (Å²) in [6.07, 6.45) is 7.41. The number of alkyl halides is 1. The highest BCUT2D eigenvalue weighted by atomic mass is 32.2. The van der Waals surface area contributed by atoms with Crippen molar-refractivity contribution in [2.24, 2.45) is 34.5 Å². The lowest BCUT2D eigenvalue weighted by molar-refractivity contribution is -0.199. The van der Waals surface area contributed by atoms with Gasteiger partial charge in [0.25, 0.3) is 0 Å². The number of carbonyl (C=O) groups excluding carboxylic acids is 2. The van der Waals surface area contributed by atoms with Gasteiger partial charge in [-0.2, -0.15) is 9.49 Å². The van der Waals surface area contributed by atoms with E-state index in [1.54, 1.807) is 10.7 Å². The number of aliphatic hydroxyl groups excluding tert-OH is 1. The third-order valence-corrected chi connectivity index (χ3v) is 11.6. The maximum Gasteiger partial charge on any atom is 0.333 e. The fourth-order valence-corrected chi connectivity index (χ4v) is 10.1. The van der Waals surface area contributed by atoms with Gasteiger partial charge in [0.1, 0.15) is 12.6 Å². The molecule has 2 aromatic rings. The lowest BCUT2D eigenvalue weighted by Gasteiger charge is -2.61. The zero-order valence-corrected chi connectivity index (χ0v) is 25.1. The molecule has 42 heavy (non-hydrogen) atoms. The van der Waals surface area contributed by atoms with Gasteiger partial charge in [-0.3, -0.25) is 4.79 Å². The van der Waals surface area contributed by atoms with Gasteiger partial charge in [0.15, 0.2) is 5.60 Å². The van der Waals surface area contributed by atoms with Crippen molar-refractivity contribution in [1.82, 2.24) is 14.8 Å². The van der Waals surface area contributed by atoms with E-state index in [0.29, 0.717) is 36.7 Å². The number of allylic oxidation sites excluding steroid dienone is 1. The monoisotopic (exact) mass is 601 g/mol. The Morgan fingerprint density at radius 3 is 2.74 bits per heavy atom. The molecule has 8 atom stereocenters. The molecule has 0 amide bonds. The first-order chi connectivity index (χ1) is 20.0. The van der Waals surface area contributed by atoms with Crippen LogP contribution in [0.3, 0.4) is 0 Å². The molecule has 0 aromatic carbocycles. The second kappa shape index (κ2) is 10.5. The molecule has 0 unspecified atom stereocenters. The van der Waals surface area contributed by atoms with Crippen molar-refractivity contribution in [2.45, 2.75) is 64.6 Å². The van der Waals surface area contributed by atoms with Crippen molar-refractivity contribution < 1.29 is 33.0 Å². The van der Waals surface area contributed by atoms with E-state index >= 15 is 0 Å². The molecular weight excluding hydrogens is 564 g/mol. The first-order valence-corrected chi connectivity index (χ1v) is 15.5. The zero-order chi connectivity index (χ0) is 30.0. The summed E-state index contributed by atoms with van der Waals surface area (Å²) in [4.78, 5) is 30.1. The molecule has 4 aliphatic rings. The maximum atomic E-state index is 13.5. The van der Waals surface area contributed by atoms with Crippen LogP contribution in [0.5, 0.6) is 0 Å². The van der Waals surface area contributed by atoms with Crippen LogP contribution in [0.1, 0.15) is 57.7 Å². The van der Waals surface area contributed by atoms with Crippen LogP contribution < -0.4 is 0 Å². The number of ether oxygens (including phenoxy) is 2. The minimum absolute atomic E-state index is 0.000593. The predicted octanol–water partition coefficient (Wildman–Crippen LogP) is 4.92. The van der Waals surface area contributed by atoms with Gasteiger partial charge in [-0.15, -0.1) is 0 Å². The molecule has 2 aromatic heterocycles. The Morgan fingerprint density at radius 2 is 2.05 bits per heavy atom. The fourth-order valence-electron chi connectivity index (χ4n) is 9.36. The number of halogens is 2. The Hall–Kier alpha value is -2.63. The molecule has 1 N–H and O–H groups in total. The highest BCUT2D eigenvalue weighted by molar-refractivity contribution is 8.13. The van der Waals surface area contributed by atoms with Crippen molar-refractivity contribution in [1.29, 1.82) is 0 Å². The molecule has 0 radical (unpaired) electrons. The second-order valence-corrected chi connectivity index (χ2v) is 13.8. The van der Waals surface area contributed by atoms with Gasteiger partial charge >= 0.3 is 5.97 Å². The number of aromatic nitrogens is 3. The second-order valence-electron chi connectivity index (χ2n) is 12.9. The molecular formula is C31H37F2N3O5S. The number of esters is 1. The van der Waals surface area contributed by atoms with Gasteiger partial charge in [0.2, 0.25) is 11.1 Å². The van der Waals surface area contributed by atoms with Gasteiger partial charge < -0.3 is 14.6 Å². The Morgan fingerprint density at radius 1 is 1.26 bits per heavy atom. The zero-order valence-electron chi connectivity index (χ0n) is 24.3. The molecule has 8 nitrogen and oxygen atoms in total. The third kappa shape index (κ3) is 4.21. The molecule has 2 heterocycles. The third-order valence-electron chi connectivity index (χ3n) is 10.9. The van der Waals surface area contributed by atoms with Gasteiger partial charge in [0, 0.05) is 12.5 Å². The van der Waals surface area contributed by atoms with Crippen LogP contribution >= 0.6 is 11.8 Å². The molecule has 4 aliphatic carbocycles. The van der Waals surface area contributed by atoms with Crippen LogP contribution in [0.15, 0.2) is 30.1 Å². The molecule has 0 spiro atoms. The predicted molar refractivity (Wildman–Crippen MR) is 153 cm³/mol. The molecule has 6 rings (SSSR count). The SMILES string of the molecule is COCC(=O)O[C@]1(C(=O)SCF)CC[C@H]2[C@@H]3C[C@H](C)C4=Cc5c(cnn5-c5ccc(F)nc5)C[C@]4(C)[C@H]3[C@@H](O)C[C@@]21C. The molecule has 0 aliphatic heterocycles. The summed E-state index contributed by atoms with van der Waals surface area (Å²) in [7, 11) is 1.38. The molecule has 3 fully saturated rings. The van der Waals surface area contributed by atoms with Crippen LogP contribution in [-0.4, -0.2) is 62.4 Å². The average Bonchev–Trinajstić information content (AvgIpc) is 3.46.